The van der Waals surface area contributed by atoms with Gasteiger partial charge in [0.25, 0.3) is 5.91 Å². The SMILES string of the molecule is O=C(NCCSC(F)(F)F)c1cccc(F)n1. The first-order valence-electron chi connectivity index (χ1n) is 4.50. The van der Waals surface area contributed by atoms with Crippen molar-refractivity contribution in [3.8, 4) is 0 Å². The number of hydrogen-bond acceptors (Lipinski definition) is 3. The zero-order valence-electron chi connectivity index (χ0n) is 8.42. The molecule has 1 aromatic rings. The van der Waals surface area contributed by atoms with Gasteiger partial charge >= 0.3 is 5.51 Å². The summed E-state index contributed by atoms with van der Waals surface area (Å²) < 4.78 is 47.9. The largest absolute Gasteiger partial charge is 0.441 e. The predicted molar refractivity (Wildman–Crippen MR) is 55.0 cm³/mol. The molecule has 1 aromatic heterocycles. The molecule has 1 amide bonds. The van der Waals surface area contributed by atoms with Crippen molar-refractivity contribution >= 4 is 17.7 Å². The summed E-state index contributed by atoms with van der Waals surface area (Å²) in [5.41, 5.74) is -4.48. The Hall–Kier alpha value is -1.31. The van der Waals surface area contributed by atoms with Gasteiger partial charge in [-0.1, -0.05) is 6.07 Å². The van der Waals surface area contributed by atoms with Gasteiger partial charge in [0.05, 0.1) is 0 Å². The fourth-order valence-electron chi connectivity index (χ4n) is 0.957. The highest BCUT2D eigenvalue weighted by Crippen LogP contribution is 2.29. The molecule has 0 bridgehead atoms. The molecule has 0 aliphatic carbocycles. The van der Waals surface area contributed by atoms with Crippen LogP contribution in [-0.2, 0) is 0 Å². The van der Waals surface area contributed by atoms with Gasteiger partial charge in [-0.05, 0) is 23.9 Å². The van der Waals surface area contributed by atoms with Crippen LogP contribution in [0.15, 0.2) is 18.2 Å². The van der Waals surface area contributed by atoms with Gasteiger partial charge in [0, 0.05) is 12.3 Å². The summed E-state index contributed by atoms with van der Waals surface area (Å²) in [5, 5.41) is 2.21. The van der Waals surface area contributed by atoms with Gasteiger partial charge in [0.2, 0.25) is 5.95 Å². The zero-order valence-corrected chi connectivity index (χ0v) is 9.24. The van der Waals surface area contributed by atoms with Gasteiger partial charge in [-0.2, -0.15) is 17.6 Å². The molecule has 3 nitrogen and oxygen atoms in total. The van der Waals surface area contributed by atoms with E-state index in [1.165, 1.54) is 12.1 Å². The molecule has 0 unspecified atom stereocenters. The standard InChI is InChI=1S/C9H8F4N2OS/c10-7-3-1-2-6(15-7)8(16)14-4-5-17-9(11,12)13/h1-3H,4-5H2,(H,14,16). The van der Waals surface area contributed by atoms with E-state index in [2.05, 4.69) is 10.3 Å². The van der Waals surface area contributed by atoms with Crippen LogP contribution in [0.25, 0.3) is 0 Å². The lowest BCUT2D eigenvalue weighted by Gasteiger charge is -2.06. The highest BCUT2D eigenvalue weighted by molar-refractivity contribution is 8.00. The Morgan fingerprint density at radius 1 is 1.41 bits per heavy atom. The van der Waals surface area contributed by atoms with Crippen molar-refractivity contribution in [3.05, 3.63) is 29.8 Å². The van der Waals surface area contributed by atoms with Gasteiger partial charge in [-0.3, -0.25) is 4.79 Å². The fourth-order valence-corrected chi connectivity index (χ4v) is 1.39. The average molecular weight is 268 g/mol. The number of rotatable bonds is 4. The average Bonchev–Trinajstić information content (AvgIpc) is 2.23. The number of carbonyl (C=O) groups is 1. The molecule has 0 saturated heterocycles. The minimum Gasteiger partial charge on any atom is -0.350 e. The van der Waals surface area contributed by atoms with Crippen molar-refractivity contribution in [2.45, 2.75) is 5.51 Å². The maximum absolute atomic E-state index is 12.6. The van der Waals surface area contributed by atoms with Crippen LogP contribution >= 0.6 is 11.8 Å². The third kappa shape index (κ3) is 5.53. The zero-order chi connectivity index (χ0) is 12.9. The summed E-state index contributed by atoms with van der Waals surface area (Å²) in [4.78, 5) is 14.6. The Labute approximate surface area is 98.6 Å². The lowest BCUT2D eigenvalue weighted by Crippen LogP contribution is -2.27. The molecule has 0 aliphatic heterocycles. The molecule has 0 atom stereocenters. The topological polar surface area (TPSA) is 42.0 Å². The number of pyridine rings is 1. The van der Waals surface area contributed by atoms with Gasteiger partial charge in [-0.15, -0.1) is 0 Å². The number of hydrogen-bond donors (Lipinski definition) is 1. The van der Waals surface area contributed by atoms with Crippen LogP contribution < -0.4 is 5.32 Å². The molecule has 8 heteroatoms. The van der Waals surface area contributed by atoms with Crippen molar-refractivity contribution in [3.63, 3.8) is 0 Å². The summed E-state index contributed by atoms with van der Waals surface area (Å²) in [6.07, 6.45) is 0. The molecule has 1 rings (SSSR count). The second-order valence-corrected chi connectivity index (χ2v) is 4.06. The summed E-state index contributed by atoms with van der Waals surface area (Å²) in [6, 6.07) is 3.63. The second-order valence-electron chi connectivity index (χ2n) is 2.90. The molecule has 0 spiro atoms. The first kappa shape index (κ1) is 13.8. The Morgan fingerprint density at radius 3 is 2.71 bits per heavy atom. The smallest absolute Gasteiger partial charge is 0.350 e. The fraction of sp³-hybridized carbons (Fsp3) is 0.333. The van der Waals surface area contributed by atoms with E-state index in [4.69, 9.17) is 0 Å². The van der Waals surface area contributed by atoms with E-state index in [9.17, 15) is 22.4 Å². The molecule has 1 heterocycles. The lowest BCUT2D eigenvalue weighted by atomic mass is 10.3. The summed E-state index contributed by atoms with van der Waals surface area (Å²) >= 11 is -0.235. The van der Waals surface area contributed by atoms with E-state index in [0.717, 1.165) is 6.07 Å². The van der Waals surface area contributed by atoms with Crippen LogP contribution in [0.1, 0.15) is 10.5 Å². The molecule has 17 heavy (non-hydrogen) atoms. The minimum absolute atomic E-state index is 0.165. The number of nitrogens with one attached hydrogen (secondary N) is 1. The van der Waals surface area contributed by atoms with Crippen molar-refractivity contribution in [1.29, 1.82) is 0 Å². The van der Waals surface area contributed by atoms with Crippen LogP contribution in [0.2, 0.25) is 0 Å². The Bertz CT molecular complexity index is 397. The number of amides is 1. The summed E-state index contributed by atoms with van der Waals surface area (Å²) in [7, 11) is 0. The Morgan fingerprint density at radius 2 is 2.12 bits per heavy atom. The normalized spacial score (nSPS) is 11.3. The third-order valence-electron chi connectivity index (χ3n) is 1.60. The molecule has 0 radical (unpaired) electrons. The van der Waals surface area contributed by atoms with Crippen LogP contribution in [-0.4, -0.2) is 28.7 Å². The molecular formula is C9H8F4N2OS. The Kier molecular flexibility index (Phi) is 4.73. The summed E-state index contributed by atoms with van der Waals surface area (Å²) in [6.45, 7) is -0.165. The Balaban J connectivity index is 2.36. The van der Waals surface area contributed by atoms with Crippen molar-refractivity contribution in [1.82, 2.24) is 10.3 Å². The van der Waals surface area contributed by atoms with Crippen LogP contribution in [0.5, 0.6) is 0 Å². The maximum atomic E-state index is 12.6. The molecule has 0 aliphatic rings. The number of thioether (sulfide) groups is 1. The number of halogens is 4. The van der Waals surface area contributed by atoms with Gasteiger partial charge < -0.3 is 5.32 Å². The van der Waals surface area contributed by atoms with Crippen LogP contribution in [0.4, 0.5) is 17.6 Å². The summed E-state index contributed by atoms with van der Waals surface area (Å²) in [5.74, 6) is -1.82. The predicted octanol–water partition coefficient (Wildman–Crippen LogP) is 2.20. The lowest BCUT2D eigenvalue weighted by molar-refractivity contribution is -0.0327. The van der Waals surface area contributed by atoms with E-state index in [-0.39, 0.29) is 29.8 Å². The second kappa shape index (κ2) is 5.85. The monoisotopic (exact) mass is 268 g/mol. The molecule has 0 aromatic carbocycles. The number of carbonyl (C=O) groups excluding carboxylic acids is 1. The van der Waals surface area contributed by atoms with Crippen LogP contribution in [0, 0.1) is 5.95 Å². The molecular weight excluding hydrogens is 260 g/mol. The molecule has 0 fully saturated rings. The molecule has 94 valence electrons. The number of nitrogens with zero attached hydrogens (tertiary/aromatic N) is 1. The van der Waals surface area contributed by atoms with E-state index in [1.807, 2.05) is 0 Å². The minimum atomic E-state index is -4.32. The third-order valence-corrected chi connectivity index (χ3v) is 2.34. The quantitative estimate of drug-likeness (QED) is 0.517. The van der Waals surface area contributed by atoms with Crippen molar-refractivity contribution in [2.75, 3.05) is 12.3 Å². The van der Waals surface area contributed by atoms with Gasteiger partial charge in [0.15, 0.2) is 0 Å². The van der Waals surface area contributed by atoms with E-state index < -0.39 is 17.4 Å². The maximum Gasteiger partial charge on any atom is 0.441 e. The highest BCUT2D eigenvalue weighted by Gasteiger charge is 2.27. The first-order chi connectivity index (χ1) is 7.88. The first-order valence-corrected chi connectivity index (χ1v) is 5.48. The van der Waals surface area contributed by atoms with Gasteiger partial charge in [0.1, 0.15) is 5.69 Å². The van der Waals surface area contributed by atoms with Crippen molar-refractivity contribution < 1.29 is 22.4 Å². The van der Waals surface area contributed by atoms with E-state index in [1.54, 1.807) is 0 Å². The van der Waals surface area contributed by atoms with Crippen LogP contribution in [0.3, 0.4) is 0 Å². The van der Waals surface area contributed by atoms with Crippen molar-refractivity contribution in [2.24, 2.45) is 0 Å². The van der Waals surface area contributed by atoms with E-state index >= 15 is 0 Å². The highest BCUT2D eigenvalue weighted by atomic mass is 32.2. The number of alkyl halides is 3. The number of aromatic nitrogens is 1. The van der Waals surface area contributed by atoms with Gasteiger partial charge in [-0.25, -0.2) is 4.98 Å². The molecule has 1 N–H and O–H groups in total. The molecule has 0 saturated carbocycles. The van der Waals surface area contributed by atoms with E-state index in [0.29, 0.717) is 0 Å².